The minimum atomic E-state index is -3.80. The topological polar surface area (TPSA) is 66.5 Å². The van der Waals surface area contributed by atoms with Crippen LogP contribution in [-0.4, -0.2) is 31.2 Å². The summed E-state index contributed by atoms with van der Waals surface area (Å²) in [5.41, 5.74) is 3.49. The van der Waals surface area contributed by atoms with E-state index < -0.39 is 10.0 Å². The molecule has 0 radical (unpaired) electrons. The first-order valence-electron chi connectivity index (χ1n) is 11.1. The first kappa shape index (κ1) is 23.5. The maximum Gasteiger partial charge on any atom is 0.244 e. The largest absolute Gasteiger partial charge is 0.348 e. The van der Waals surface area contributed by atoms with Gasteiger partial charge in [0.05, 0.1) is 17.5 Å². The van der Waals surface area contributed by atoms with Crippen molar-refractivity contribution in [2.24, 2.45) is 0 Å². The summed E-state index contributed by atoms with van der Waals surface area (Å²) in [6.45, 7) is 7.40. The standard InChI is InChI=1S/C25H34N2O3S/c1-18-15-19(2)25(20(3)16-18)31(29,30)27(23-13-9-6-10-14-23)17-24(28)26-21(4)22-11-7-5-8-12-22/h5,7-8,11-12,15-16,21,23H,6,9-10,13-14,17H2,1-4H3,(H,26,28)/t21-/m1/s1. The van der Waals surface area contributed by atoms with Crippen LogP contribution >= 0.6 is 0 Å². The summed E-state index contributed by atoms with van der Waals surface area (Å²) in [6.07, 6.45) is 4.69. The van der Waals surface area contributed by atoms with Gasteiger partial charge in [0.1, 0.15) is 0 Å². The van der Waals surface area contributed by atoms with Gasteiger partial charge in [-0.1, -0.05) is 67.3 Å². The molecule has 168 valence electrons. The van der Waals surface area contributed by atoms with Crippen LogP contribution in [0.4, 0.5) is 0 Å². The second kappa shape index (κ2) is 9.96. The lowest BCUT2D eigenvalue weighted by Crippen LogP contribution is -2.47. The molecule has 5 nitrogen and oxygen atoms in total. The number of carbonyl (C=O) groups is 1. The fourth-order valence-electron chi connectivity index (χ4n) is 4.72. The Labute approximate surface area is 186 Å². The maximum absolute atomic E-state index is 13.8. The van der Waals surface area contributed by atoms with Crippen LogP contribution in [0.25, 0.3) is 0 Å². The highest BCUT2D eigenvalue weighted by molar-refractivity contribution is 7.89. The number of aryl methyl sites for hydroxylation is 3. The van der Waals surface area contributed by atoms with Gasteiger partial charge >= 0.3 is 0 Å². The van der Waals surface area contributed by atoms with Gasteiger partial charge in [0.25, 0.3) is 0 Å². The summed E-state index contributed by atoms with van der Waals surface area (Å²) < 4.78 is 29.1. The molecule has 0 aliphatic heterocycles. The second-order valence-corrected chi connectivity index (χ2v) is 10.6. The number of sulfonamides is 1. The van der Waals surface area contributed by atoms with Gasteiger partial charge in [-0.25, -0.2) is 8.42 Å². The number of carbonyl (C=O) groups excluding carboxylic acids is 1. The molecule has 1 amide bonds. The molecule has 2 aromatic rings. The smallest absolute Gasteiger partial charge is 0.244 e. The molecule has 0 saturated heterocycles. The van der Waals surface area contributed by atoms with E-state index in [2.05, 4.69) is 5.32 Å². The first-order valence-corrected chi connectivity index (χ1v) is 12.6. The molecule has 1 saturated carbocycles. The van der Waals surface area contributed by atoms with Crippen LogP contribution in [0.15, 0.2) is 47.4 Å². The van der Waals surface area contributed by atoms with E-state index in [0.29, 0.717) is 4.90 Å². The SMILES string of the molecule is Cc1cc(C)c(S(=O)(=O)N(CC(=O)N[C@H](C)c2ccccc2)C2CCCCC2)c(C)c1. The predicted octanol–water partition coefficient (Wildman–Crippen LogP) is 4.81. The van der Waals surface area contributed by atoms with Gasteiger partial charge in [0, 0.05) is 6.04 Å². The second-order valence-electron chi connectivity index (χ2n) is 8.77. The average molecular weight is 443 g/mol. The minimum Gasteiger partial charge on any atom is -0.348 e. The molecular formula is C25H34N2O3S. The third-order valence-electron chi connectivity index (χ3n) is 6.13. The van der Waals surface area contributed by atoms with Crippen LogP contribution in [-0.2, 0) is 14.8 Å². The Bertz CT molecular complexity index is 989. The van der Waals surface area contributed by atoms with Gasteiger partial charge in [-0.2, -0.15) is 4.31 Å². The molecular weight excluding hydrogens is 408 g/mol. The summed E-state index contributed by atoms with van der Waals surface area (Å²) in [4.78, 5) is 13.3. The van der Waals surface area contributed by atoms with Gasteiger partial charge in [0.15, 0.2) is 0 Å². The zero-order valence-corrected chi connectivity index (χ0v) is 19.8. The van der Waals surface area contributed by atoms with Crippen molar-refractivity contribution >= 4 is 15.9 Å². The summed E-state index contributed by atoms with van der Waals surface area (Å²) in [7, 11) is -3.80. The Morgan fingerprint density at radius 3 is 2.19 bits per heavy atom. The molecule has 0 heterocycles. The van der Waals surface area contributed by atoms with Crippen molar-refractivity contribution in [1.82, 2.24) is 9.62 Å². The maximum atomic E-state index is 13.8. The van der Waals surface area contributed by atoms with Crippen molar-refractivity contribution in [2.75, 3.05) is 6.54 Å². The molecule has 1 aliphatic carbocycles. The molecule has 1 atom stereocenters. The molecule has 31 heavy (non-hydrogen) atoms. The highest BCUT2D eigenvalue weighted by atomic mass is 32.2. The summed E-state index contributed by atoms with van der Waals surface area (Å²) in [5, 5.41) is 2.98. The van der Waals surface area contributed by atoms with E-state index in [-0.39, 0.29) is 24.5 Å². The lowest BCUT2D eigenvalue weighted by atomic mass is 9.95. The number of hydrogen-bond acceptors (Lipinski definition) is 3. The highest BCUT2D eigenvalue weighted by Crippen LogP contribution is 2.31. The number of benzene rings is 2. The number of nitrogens with one attached hydrogen (secondary N) is 1. The van der Waals surface area contributed by atoms with E-state index in [4.69, 9.17) is 0 Å². The zero-order valence-electron chi connectivity index (χ0n) is 19.0. The van der Waals surface area contributed by atoms with Crippen molar-refractivity contribution in [1.29, 1.82) is 0 Å². The van der Waals surface area contributed by atoms with E-state index in [9.17, 15) is 13.2 Å². The summed E-state index contributed by atoms with van der Waals surface area (Å²) in [5.74, 6) is -0.270. The van der Waals surface area contributed by atoms with E-state index in [1.807, 2.05) is 70.2 Å². The van der Waals surface area contributed by atoms with Crippen LogP contribution in [0.3, 0.4) is 0 Å². The quantitative estimate of drug-likeness (QED) is 0.669. The van der Waals surface area contributed by atoms with Crippen LogP contribution < -0.4 is 5.32 Å². The van der Waals surface area contributed by atoms with Crippen LogP contribution in [0.2, 0.25) is 0 Å². The van der Waals surface area contributed by atoms with Gasteiger partial charge < -0.3 is 5.32 Å². The average Bonchev–Trinajstić information content (AvgIpc) is 2.72. The number of nitrogens with zero attached hydrogens (tertiary/aromatic N) is 1. The molecule has 0 unspecified atom stereocenters. The normalized spacial score (nSPS) is 16.3. The Balaban J connectivity index is 1.89. The van der Waals surface area contributed by atoms with Crippen molar-refractivity contribution in [3.05, 3.63) is 64.7 Å². The first-order chi connectivity index (χ1) is 14.7. The Kier molecular flexibility index (Phi) is 7.55. The summed E-state index contributed by atoms with van der Waals surface area (Å²) in [6, 6.07) is 13.2. The molecule has 1 aliphatic rings. The van der Waals surface area contributed by atoms with Gasteiger partial charge in [-0.15, -0.1) is 0 Å². The van der Waals surface area contributed by atoms with Crippen molar-refractivity contribution in [3.63, 3.8) is 0 Å². The van der Waals surface area contributed by atoms with E-state index in [0.717, 1.165) is 54.4 Å². The molecule has 0 aromatic heterocycles. The monoisotopic (exact) mass is 442 g/mol. The van der Waals surface area contributed by atoms with Gasteiger partial charge in [-0.3, -0.25) is 4.79 Å². The molecule has 1 fully saturated rings. The van der Waals surface area contributed by atoms with Crippen molar-refractivity contribution in [3.8, 4) is 0 Å². The Hall–Kier alpha value is -2.18. The molecule has 3 rings (SSSR count). The highest BCUT2D eigenvalue weighted by Gasteiger charge is 2.35. The number of amides is 1. The summed E-state index contributed by atoms with van der Waals surface area (Å²) >= 11 is 0. The number of hydrogen-bond donors (Lipinski definition) is 1. The third-order valence-corrected chi connectivity index (χ3v) is 8.33. The van der Waals surface area contributed by atoms with Crippen molar-refractivity contribution < 1.29 is 13.2 Å². The Morgan fingerprint density at radius 1 is 1.03 bits per heavy atom. The molecule has 0 spiro atoms. The van der Waals surface area contributed by atoms with Gasteiger partial charge in [0.2, 0.25) is 15.9 Å². The third kappa shape index (κ3) is 5.55. The lowest BCUT2D eigenvalue weighted by Gasteiger charge is -2.34. The van der Waals surface area contributed by atoms with Crippen LogP contribution in [0.5, 0.6) is 0 Å². The van der Waals surface area contributed by atoms with E-state index in [1.54, 1.807) is 0 Å². The number of rotatable bonds is 7. The fraction of sp³-hybridized carbons (Fsp3) is 0.480. The van der Waals surface area contributed by atoms with Crippen LogP contribution in [0, 0.1) is 20.8 Å². The zero-order chi connectivity index (χ0) is 22.6. The van der Waals surface area contributed by atoms with Crippen LogP contribution in [0.1, 0.15) is 67.3 Å². The minimum absolute atomic E-state index is 0.142. The fourth-order valence-corrected chi connectivity index (χ4v) is 6.78. The Morgan fingerprint density at radius 2 is 1.61 bits per heavy atom. The van der Waals surface area contributed by atoms with Crippen molar-refractivity contribution in [2.45, 2.75) is 76.8 Å². The molecule has 2 aromatic carbocycles. The predicted molar refractivity (Wildman–Crippen MR) is 124 cm³/mol. The van der Waals surface area contributed by atoms with E-state index >= 15 is 0 Å². The lowest BCUT2D eigenvalue weighted by molar-refractivity contribution is -0.122. The van der Waals surface area contributed by atoms with E-state index in [1.165, 1.54) is 4.31 Å². The molecule has 1 N–H and O–H groups in total. The molecule has 0 bridgehead atoms. The molecule has 6 heteroatoms. The van der Waals surface area contributed by atoms with Gasteiger partial charge in [-0.05, 0) is 57.2 Å².